The minimum absolute atomic E-state index is 0.0332. The van der Waals surface area contributed by atoms with Crippen molar-refractivity contribution in [3.8, 4) is 11.3 Å². The standard InChI is InChI=1S/C27H25F2N5O3/c1-15-4-2-3-5-19(15)23-8-6-16(12-30-23)31-27(37)32-17-13-34(14-17)18-10-21(28)25(22(29)11-18)20-7-9-24(35)33-26(20)36/h2-6,8,10-12,17,20H,7,9,13-14H2,1H3,(H2,31,32,37)(H,33,35,36)/t20-/m1/s1. The van der Waals surface area contributed by atoms with Gasteiger partial charge in [0.05, 0.1) is 29.5 Å². The van der Waals surface area contributed by atoms with Gasteiger partial charge in [-0.2, -0.15) is 0 Å². The van der Waals surface area contributed by atoms with E-state index < -0.39 is 35.4 Å². The van der Waals surface area contributed by atoms with Gasteiger partial charge >= 0.3 is 6.03 Å². The summed E-state index contributed by atoms with van der Waals surface area (Å²) in [5, 5.41) is 7.70. The summed E-state index contributed by atoms with van der Waals surface area (Å²) in [5.41, 5.74) is 3.46. The van der Waals surface area contributed by atoms with Crippen LogP contribution >= 0.6 is 0 Å². The first-order chi connectivity index (χ1) is 17.8. The molecule has 0 saturated carbocycles. The van der Waals surface area contributed by atoms with Gasteiger partial charge in [0.25, 0.3) is 0 Å². The lowest BCUT2D eigenvalue weighted by Gasteiger charge is -2.41. The minimum atomic E-state index is -1.04. The number of amides is 4. The van der Waals surface area contributed by atoms with Gasteiger partial charge in [0, 0.05) is 36.3 Å². The van der Waals surface area contributed by atoms with Crippen LogP contribution in [0.15, 0.2) is 54.7 Å². The fourth-order valence-electron chi connectivity index (χ4n) is 4.68. The number of nitrogens with one attached hydrogen (secondary N) is 3. The molecule has 0 spiro atoms. The van der Waals surface area contributed by atoms with Crippen molar-refractivity contribution >= 4 is 29.2 Å². The van der Waals surface area contributed by atoms with Crippen LogP contribution in [0.1, 0.15) is 29.9 Å². The number of hydrogen-bond acceptors (Lipinski definition) is 5. The van der Waals surface area contributed by atoms with Crippen LogP contribution in [0.4, 0.5) is 25.0 Å². The molecule has 5 rings (SSSR count). The Morgan fingerprint density at radius 3 is 2.46 bits per heavy atom. The molecule has 2 saturated heterocycles. The van der Waals surface area contributed by atoms with Crippen LogP contribution in [0.25, 0.3) is 11.3 Å². The first-order valence-corrected chi connectivity index (χ1v) is 12.0. The SMILES string of the molecule is Cc1ccccc1-c1ccc(NC(=O)NC2CN(c3cc(F)c([C@H]4CCC(=O)NC4=O)c(F)c3)C2)cn1. The summed E-state index contributed by atoms with van der Waals surface area (Å²) in [4.78, 5) is 41.9. The molecule has 2 aliphatic heterocycles. The minimum Gasteiger partial charge on any atom is -0.367 e. The van der Waals surface area contributed by atoms with Gasteiger partial charge in [0.2, 0.25) is 11.8 Å². The second-order valence-electron chi connectivity index (χ2n) is 9.27. The highest BCUT2D eigenvalue weighted by Crippen LogP contribution is 2.33. The Morgan fingerprint density at radius 2 is 1.81 bits per heavy atom. The molecule has 8 nitrogen and oxygen atoms in total. The summed E-state index contributed by atoms with van der Waals surface area (Å²) < 4.78 is 29.6. The van der Waals surface area contributed by atoms with Crippen molar-refractivity contribution in [1.82, 2.24) is 15.6 Å². The van der Waals surface area contributed by atoms with Crippen LogP contribution in [0.3, 0.4) is 0 Å². The Labute approximate surface area is 212 Å². The Morgan fingerprint density at radius 1 is 1.08 bits per heavy atom. The maximum atomic E-state index is 14.8. The van der Waals surface area contributed by atoms with Gasteiger partial charge in [0.1, 0.15) is 11.6 Å². The van der Waals surface area contributed by atoms with Crippen molar-refractivity contribution in [3.63, 3.8) is 0 Å². The highest BCUT2D eigenvalue weighted by molar-refractivity contribution is 6.01. The van der Waals surface area contributed by atoms with Crippen LogP contribution in [0.5, 0.6) is 0 Å². The number of pyridine rings is 1. The number of anilines is 2. The number of imide groups is 1. The molecule has 0 bridgehead atoms. The van der Waals surface area contributed by atoms with E-state index in [4.69, 9.17) is 0 Å². The van der Waals surface area contributed by atoms with E-state index in [0.717, 1.165) is 16.8 Å². The van der Waals surface area contributed by atoms with Gasteiger partial charge < -0.3 is 15.5 Å². The van der Waals surface area contributed by atoms with E-state index in [1.807, 2.05) is 37.3 Å². The molecule has 4 amide bonds. The zero-order valence-electron chi connectivity index (χ0n) is 20.1. The fourth-order valence-corrected chi connectivity index (χ4v) is 4.68. The van der Waals surface area contributed by atoms with E-state index in [1.165, 1.54) is 12.1 Å². The third-order valence-corrected chi connectivity index (χ3v) is 6.68. The fraction of sp³-hybridized carbons (Fsp3) is 0.259. The van der Waals surface area contributed by atoms with Crippen molar-refractivity contribution in [3.05, 3.63) is 77.5 Å². The second-order valence-corrected chi connectivity index (χ2v) is 9.27. The van der Waals surface area contributed by atoms with Crippen molar-refractivity contribution < 1.29 is 23.2 Å². The Bertz CT molecular complexity index is 1350. The lowest BCUT2D eigenvalue weighted by molar-refractivity contribution is -0.134. The molecule has 0 unspecified atom stereocenters. The van der Waals surface area contributed by atoms with Crippen LogP contribution < -0.4 is 20.9 Å². The lowest BCUT2D eigenvalue weighted by atomic mass is 9.89. The zero-order chi connectivity index (χ0) is 26.1. The molecule has 10 heteroatoms. The number of halogens is 2. The van der Waals surface area contributed by atoms with E-state index in [2.05, 4.69) is 20.9 Å². The summed E-state index contributed by atoms with van der Waals surface area (Å²) in [6.07, 6.45) is 1.68. The average molecular weight is 506 g/mol. The normalized spacial score (nSPS) is 17.7. The van der Waals surface area contributed by atoms with E-state index in [-0.39, 0.29) is 24.4 Å². The number of aromatic nitrogens is 1. The first kappa shape index (κ1) is 24.4. The van der Waals surface area contributed by atoms with Gasteiger partial charge in [-0.25, -0.2) is 13.6 Å². The van der Waals surface area contributed by atoms with Crippen molar-refractivity contribution in [2.75, 3.05) is 23.3 Å². The summed E-state index contributed by atoms with van der Waals surface area (Å²) in [5.74, 6) is -3.85. The second kappa shape index (κ2) is 9.96. The van der Waals surface area contributed by atoms with Gasteiger partial charge in [-0.05, 0) is 43.2 Å². The number of benzene rings is 2. The molecule has 2 aliphatic rings. The van der Waals surface area contributed by atoms with Crippen molar-refractivity contribution in [2.24, 2.45) is 0 Å². The summed E-state index contributed by atoms with van der Waals surface area (Å²) in [6, 6.07) is 13.3. The molecule has 0 aliphatic carbocycles. The molecule has 190 valence electrons. The van der Waals surface area contributed by atoms with Gasteiger partial charge in [-0.1, -0.05) is 24.3 Å². The maximum Gasteiger partial charge on any atom is 0.319 e. The Hall–Kier alpha value is -4.34. The average Bonchev–Trinajstić information content (AvgIpc) is 2.83. The molecule has 3 aromatic rings. The molecular formula is C27H25F2N5O3. The summed E-state index contributed by atoms with van der Waals surface area (Å²) in [7, 11) is 0. The molecule has 1 atom stereocenters. The Kier molecular flexibility index (Phi) is 6.56. The molecule has 2 fully saturated rings. The maximum absolute atomic E-state index is 14.8. The van der Waals surface area contributed by atoms with E-state index in [1.54, 1.807) is 17.2 Å². The lowest BCUT2D eigenvalue weighted by Crippen LogP contribution is -2.60. The molecule has 3 heterocycles. The molecule has 2 aromatic carbocycles. The van der Waals surface area contributed by atoms with Crippen LogP contribution in [0.2, 0.25) is 0 Å². The highest BCUT2D eigenvalue weighted by Gasteiger charge is 2.34. The quantitative estimate of drug-likeness (QED) is 0.457. The number of aryl methyl sites for hydroxylation is 1. The van der Waals surface area contributed by atoms with Crippen molar-refractivity contribution in [1.29, 1.82) is 0 Å². The molecule has 37 heavy (non-hydrogen) atoms. The monoisotopic (exact) mass is 505 g/mol. The molecule has 0 radical (unpaired) electrons. The predicted molar refractivity (Wildman–Crippen MR) is 134 cm³/mol. The molecule has 1 aromatic heterocycles. The van der Waals surface area contributed by atoms with Crippen LogP contribution in [-0.2, 0) is 9.59 Å². The third kappa shape index (κ3) is 5.13. The smallest absolute Gasteiger partial charge is 0.319 e. The summed E-state index contributed by atoms with van der Waals surface area (Å²) in [6.45, 7) is 2.75. The largest absolute Gasteiger partial charge is 0.367 e. The van der Waals surface area contributed by atoms with Crippen molar-refractivity contribution in [2.45, 2.75) is 31.7 Å². The molecular weight excluding hydrogens is 480 g/mol. The van der Waals surface area contributed by atoms with Crippen LogP contribution in [0, 0.1) is 18.6 Å². The van der Waals surface area contributed by atoms with Gasteiger partial charge in [-0.3, -0.25) is 19.9 Å². The number of piperidine rings is 1. The topological polar surface area (TPSA) is 103 Å². The number of nitrogens with zero attached hydrogens (tertiary/aromatic N) is 2. The predicted octanol–water partition coefficient (Wildman–Crippen LogP) is 3.87. The third-order valence-electron chi connectivity index (χ3n) is 6.68. The van der Waals surface area contributed by atoms with Crippen LogP contribution in [-0.4, -0.2) is 42.0 Å². The summed E-state index contributed by atoms with van der Waals surface area (Å²) >= 11 is 0. The van der Waals surface area contributed by atoms with E-state index in [9.17, 15) is 23.2 Å². The number of rotatable bonds is 5. The first-order valence-electron chi connectivity index (χ1n) is 12.0. The highest BCUT2D eigenvalue weighted by atomic mass is 19.1. The molecule has 3 N–H and O–H groups in total. The van der Waals surface area contributed by atoms with E-state index in [0.29, 0.717) is 24.5 Å². The number of hydrogen-bond donors (Lipinski definition) is 3. The van der Waals surface area contributed by atoms with E-state index >= 15 is 0 Å². The Balaban J connectivity index is 1.15. The van der Waals surface area contributed by atoms with Gasteiger partial charge in [-0.15, -0.1) is 0 Å². The number of carbonyl (C=O) groups excluding carboxylic acids is 3. The number of carbonyl (C=O) groups is 3. The zero-order valence-corrected chi connectivity index (χ0v) is 20.1. The van der Waals surface area contributed by atoms with Gasteiger partial charge in [0.15, 0.2) is 0 Å². The number of urea groups is 1.